The van der Waals surface area contributed by atoms with E-state index >= 15 is 0 Å². The Morgan fingerprint density at radius 1 is 1.04 bits per heavy atom. The van der Waals surface area contributed by atoms with E-state index in [1.54, 1.807) is 37.3 Å². The molecule has 1 amide bonds. The Bertz CT molecular complexity index is 931. The van der Waals surface area contributed by atoms with Gasteiger partial charge in [0.15, 0.2) is 0 Å². The van der Waals surface area contributed by atoms with Gasteiger partial charge in [-0.3, -0.25) is 9.52 Å². The summed E-state index contributed by atoms with van der Waals surface area (Å²) in [6.07, 6.45) is 0. The molecule has 7 nitrogen and oxygen atoms in total. The number of rotatable bonds is 8. The molecule has 0 saturated heterocycles. The van der Waals surface area contributed by atoms with Gasteiger partial charge in [0, 0.05) is 22.4 Å². The lowest BCUT2D eigenvalue weighted by molar-refractivity contribution is -0.122. The van der Waals surface area contributed by atoms with Gasteiger partial charge in [0.25, 0.3) is 10.0 Å². The normalized spacial score (nSPS) is 12.4. The molecule has 1 unspecified atom stereocenters. The molecule has 3 N–H and O–H groups in total. The van der Waals surface area contributed by atoms with E-state index in [0.29, 0.717) is 16.4 Å². The van der Waals surface area contributed by atoms with Crippen LogP contribution < -0.4 is 20.1 Å². The first-order valence-electron chi connectivity index (χ1n) is 8.65. The Balaban J connectivity index is 2.28. The standard InChI is InChI=1S/C19H24ClN3O4S/c1-12(2)21-19(24)13(3)22-16-9-10-17(27-4)18(11-16)28(25,26)23-15-7-5-14(20)6-8-15/h5-13,22-23H,1-4H3,(H,21,24). The van der Waals surface area contributed by atoms with E-state index in [-0.39, 0.29) is 22.6 Å². The fraction of sp³-hybridized carbons (Fsp3) is 0.316. The van der Waals surface area contributed by atoms with Crippen LogP contribution in [-0.2, 0) is 14.8 Å². The molecule has 2 rings (SSSR count). The molecular weight excluding hydrogens is 402 g/mol. The lowest BCUT2D eigenvalue weighted by Crippen LogP contribution is -2.41. The Morgan fingerprint density at radius 3 is 2.21 bits per heavy atom. The third-order valence-corrected chi connectivity index (χ3v) is 5.41. The number of hydrogen-bond donors (Lipinski definition) is 3. The van der Waals surface area contributed by atoms with Crippen molar-refractivity contribution in [2.45, 2.75) is 37.8 Å². The van der Waals surface area contributed by atoms with Crippen LogP contribution in [0.25, 0.3) is 0 Å². The Hall–Kier alpha value is -2.45. The monoisotopic (exact) mass is 425 g/mol. The fourth-order valence-electron chi connectivity index (χ4n) is 2.43. The number of hydrogen-bond acceptors (Lipinski definition) is 5. The van der Waals surface area contributed by atoms with Gasteiger partial charge in [-0.05, 0) is 63.2 Å². The molecular formula is C19H24ClN3O4S. The predicted octanol–water partition coefficient (Wildman–Crippen LogP) is 3.47. The number of ether oxygens (including phenoxy) is 1. The van der Waals surface area contributed by atoms with Gasteiger partial charge in [-0.2, -0.15) is 0 Å². The zero-order chi connectivity index (χ0) is 20.9. The van der Waals surface area contributed by atoms with Gasteiger partial charge >= 0.3 is 0 Å². The van der Waals surface area contributed by atoms with Gasteiger partial charge in [0.1, 0.15) is 16.7 Å². The molecule has 28 heavy (non-hydrogen) atoms. The number of anilines is 2. The highest BCUT2D eigenvalue weighted by molar-refractivity contribution is 7.92. The van der Waals surface area contributed by atoms with Gasteiger partial charge in [-0.25, -0.2) is 8.42 Å². The smallest absolute Gasteiger partial charge is 0.265 e. The van der Waals surface area contributed by atoms with Crippen molar-refractivity contribution >= 4 is 38.9 Å². The van der Waals surface area contributed by atoms with Crippen molar-refractivity contribution in [1.29, 1.82) is 0 Å². The van der Waals surface area contributed by atoms with E-state index in [1.165, 1.54) is 19.2 Å². The first kappa shape index (κ1) is 21.8. The van der Waals surface area contributed by atoms with Crippen LogP contribution in [0, 0.1) is 0 Å². The average molecular weight is 426 g/mol. The van der Waals surface area contributed by atoms with E-state index < -0.39 is 16.1 Å². The zero-order valence-electron chi connectivity index (χ0n) is 16.1. The summed E-state index contributed by atoms with van der Waals surface area (Å²) >= 11 is 5.84. The second-order valence-corrected chi connectivity index (χ2v) is 8.59. The molecule has 0 fully saturated rings. The second kappa shape index (κ2) is 9.16. The summed E-state index contributed by atoms with van der Waals surface area (Å²) in [6.45, 7) is 5.43. The summed E-state index contributed by atoms with van der Waals surface area (Å²) in [6, 6.07) is 10.4. The van der Waals surface area contributed by atoms with Crippen molar-refractivity contribution in [1.82, 2.24) is 5.32 Å². The maximum Gasteiger partial charge on any atom is 0.265 e. The molecule has 9 heteroatoms. The van der Waals surface area contributed by atoms with E-state index in [1.807, 2.05) is 13.8 Å². The van der Waals surface area contributed by atoms with Crippen LogP contribution >= 0.6 is 11.6 Å². The summed E-state index contributed by atoms with van der Waals surface area (Å²) in [4.78, 5) is 12.0. The summed E-state index contributed by atoms with van der Waals surface area (Å²) in [7, 11) is -2.53. The van der Waals surface area contributed by atoms with Crippen molar-refractivity contribution in [3.8, 4) is 5.75 Å². The molecule has 2 aromatic carbocycles. The molecule has 0 radical (unpaired) electrons. The van der Waals surface area contributed by atoms with Crippen molar-refractivity contribution in [3.63, 3.8) is 0 Å². The Kier molecular flexibility index (Phi) is 7.15. The summed E-state index contributed by atoms with van der Waals surface area (Å²) in [5.74, 6) is 0.000753. The molecule has 0 aliphatic rings. The van der Waals surface area contributed by atoms with E-state index in [0.717, 1.165) is 0 Å². The molecule has 0 spiro atoms. The zero-order valence-corrected chi connectivity index (χ0v) is 17.7. The van der Waals surface area contributed by atoms with Crippen molar-refractivity contribution in [3.05, 3.63) is 47.5 Å². The number of methoxy groups -OCH3 is 1. The molecule has 0 bridgehead atoms. The molecule has 2 aromatic rings. The van der Waals surface area contributed by atoms with Crippen molar-refractivity contribution in [2.24, 2.45) is 0 Å². The minimum absolute atomic E-state index is 0.00660. The van der Waals surface area contributed by atoms with Crippen LogP contribution in [0.1, 0.15) is 20.8 Å². The molecule has 1 atom stereocenters. The summed E-state index contributed by atoms with van der Waals surface area (Å²) in [5.41, 5.74) is 0.846. The Morgan fingerprint density at radius 2 is 1.64 bits per heavy atom. The number of halogens is 1. The minimum atomic E-state index is -3.93. The minimum Gasteiger partial charge on any atom is -0.495 e. The second-order valence-electron chi connectivity index (χ2n) is 6.51. The summed E-state index contributed by atoms with van der Waals surface area (Å²) < 4.78 is 33.4. The topological polar surface area (TPSA) is 96.5 Å². The Labute approximate surface area is 170 Å². The highest BCUT2D eigenvalue weighted by Crippen LogP contribution is 2.29. The van der Waals surface area contributed by atoms with Crippen LogP contribution in [0.3, 0.4) is 0 Å². The molecule has 0 aliphatic heterocycles. The number of nitrogens with one attached hydrogen (secondary N) is 3. The lowest BCUT2D eigenvalue weighted by atomic mass is 10.2. The predicted molar refractivity (Wildman–Crippen MR) is 112 cm³/mol. The molecule has 0 aliphatic carbocycles. The quantitative estimate of drug-likeness (QED) is 0.601. The average Bonchev–Trinajstić information content (AvgIpc) is 2.62. The fourth-order valence-corrected chi connectivity index (χ4v) is 3.81. The molecule has 0 saturated carbocycles. The largest absolute Gasteiger partial charge is 0.495 e. The maximum absolute atomic E-state index is 12.9. The van der Waals surface area contributed by atoms with Crippen LogP contribution in [0.5, 0.6) is 5.75 Å². The third-order valence-electron chi connectivity index (χ3n) is 3.76. The summed E-state index contributed by atoms with van der Waals surface area (Å²) in [5, 5.41) is 6.31. The van der Waals surface area contributed by atoms with Gasteiger partial charge in [0.2, 0.25) is 5.91 Å². The van der Waals surface area contributed by atoms with Crippen molar-refractivity contribution < 1.29 is 17.9 Å². The van der Waals surface area contributed by atoms with Crippen molar-refractivity contribution in [2.75, 3.05) is 17.1 Å². The van der Waals surface area contributed by atoms with Crippen LogP contribution in [0.2, 0.25) is 5.02 Å². The van der Waals surface area contributed by atoms with Crippen LogP contribution in [0.4, 0.5) is 11.4 Å². The molecule has 0 heterocycles. The van der Waals surface area contributed by atoms with Crippen LogP contribution in [-0.4, -0.2) is 33.5 Å². The van der Waals surface area contributed by atoms with E-state index in [9.17, 15) is 13.2 Å². The first-order chi connectivity index (χ1) is 13.1. The third kappa shape index (κ3) is 5.77. The lowest BCUT2D eigenvalue weighted by Gasteiger charge is -2.18. The highest BCUT2D eigenvalue weighted by atomic mass is 35.5. The van der Waals surface area contributed by atoms with Gasteiger partial charge in [0.05, 0.1) is 7.11 Å². The number of sulfonamides is 1. The number of carbonyl (C=O) groups is 1. The molecule has 0 aromatic heterocycles. The first-order valence-corrected chi connectivity index (χ1v) is 10.5. The van der Waals surface area contributed by atoms with Gasteiger partial charge in [-0.1, -0.05) is 11.6 Å². The maximum atomic E-state index is 12.9. The van der Waals surface area contributed by atoms with Gasteiger partial charge in [-0.15, -0.1) is 0 Å². The highest BCUT2D eigenvalue weighted by Gasteiger charge is 2.22. The number of amides is 1. The van der Waals surface area contributed by atoms with Gasteiger partial charge < -0.3 is 15.4 Å². The number of carbonyl (C=O) groups excluding carboxylic acids is 1. The molecule has 152 valence electrons. The van der Waals surface area contributed by atoms with E-state index in [4.69, 9.17) is 16.3 Å². The van der Waals surface area contributed by atoms with Crippen LogP contribution in [0.15, 0.2) is 47.4 Å². The SMILES string of the molecule is COc1ccc(NC(C)C(=O)NC(C)C)cc1S(=O)(=O)Nc1ccc(Cl)cc1. The van der Waals surface area contributed by atoms with E-state index in [2.05, 4.69) is 15.4 Å². The number of benzene rings is 2.